The molecule has 0 heteroatoms. The maximum absolute atomic E-state index is 2.40. The zero-order valence-electron chi connectivity index (χ0n) is 19.2. The van der Waals surface area contributed by atoms with E-state index in [4.69, 9.17) is 0 Å². The summed E-state index contributed by atoms with van der Waals surface area (Å²) in [4.78, 5) is 0. The fourth-order valence-corrected chi connectivity index (χ4v) is 5.21. The van der Waals surface area contributed by atoms with Crippen molar-refractivity contribution in [1.82, 2.24) is 0 Å². The molecule has 0 spiro atoms. The number of rotatable bonds is 2. The van der Waals surface area contributed by atoms with Crippen molar-refractivity contribution in [2.75, 3.05) is 0 Å². The molecule has 1 unspecified atom stereocenters. The third kappa shape index (κ3) is 2.97. The van der Waals surface area contributed by atoms with Crippen LogP contribution in [-0.2, 0) is 10.8 Å². The highest BCUT2D eigenvalue weighted by Gasteiger charge is 2.46. The van der Waals surface area contributed by atoms with Crippen LogP contribution in [0, 0.1) is 13.8 Å². The van der Waals surface area contributed by atoms with Gasteiger partial charge in [0.25, 0.3) is 0 Å². The van der Waals surface area contributed by atoms with Gasteiger partial charge >= 0.3 is 0 Å². The van der Waals surface area contributed by atoms with E-state index in [1.54, 1.807) is 0 Å². The van der Waals surface area contributed by atoms with Crippen LogP contribution in [-0.4, -0.2) is 0 Å². The van der Waals surface area contributed by atoms with E-state index in [2.05, 4.69) is 126 Å². The van der Waals surface area contributed by atoms with Gasteiger partial charge in [-0.3, -0.25) is 0 Å². The molecule has 0 nitrogen and oxygen atoms in total. The molecule has 1 atom stereocenters. The van der Waals surface area contributed by atoms with Crippen LogP contribution < -0.4 is 0 Å². The lowest BCUT2D eigenvalue weighted by atomic mass is 9.67. The Balaban J connectivity index is 1.89. The lowest BCUT2D eigenvalue weighted by Crippen LogP contribution is -2.29. The van der Waals surface area contributed by atoms with Crippen LogP contribution in [0.25, 0.3) is 11.1 Å². The molecule has 0 amide bonds. The van der Waals surface area contributed by atoms with E-state index in [0.29, 0.717) is 0 Å². The maximum Gasteiger partial charge on any atom is 0.0713 e. The zero-order chi connectivity index (χ0) is 21.8. The smallest absolute Gasteiger partial charge is 0.0619 e. The predicted molar refractivity (Wildman–Crippen MR) is 132 cm³/mol. The number of fused-ring (bicyclic) bond motifs is 3. The standard InChI is InChI=1S/C31H30/c1-21-10-13-24(14-11-21)31(25-17-15-23(16-18-25)30(3,4)5)28-9-7-6-8-26(28)27-19-12-22(2)20-29(27)31/h6-20H,1-5H3. The van der Waals surface area contributed by atoms with Crippen LogP contribution in [0.2, 0.25) is 0 Å². The fourth-order valence-electron chi connectivity index (χ4n) is 5.21. The van der Waals surface area contributed by atoms with Crippen LogP contribution >= 0.6 is 0 Å². The molecule has 31 heavy (non-hydrogen) atoms. The molecular weight excluding hydrogens is 372 g/mol. The van der Waals surface area contributed by atoms with Gasteiger partial charge in [0.1, 0.15) is 0 Å². The first-order valence-electron chi connectivity index (χ1n) is 11.2. The molecule has 0 N–H and O–H groups in total. The molecule has 1 aliphatic carbocycles. The Morgan fingerprint density at radius 3 is 1.74 bits per heavy atom. The van der Waals surface area contributed by atoms with E-state index < -0.39 is 0 Å². The number of hydrogen-bond acceptors (Lipinski definition) is 0. The third-order valence-corrected chi connectivity index (χ3v) is 6.87. The van der Waals surface area contributed by atoms with Crippen LogP contribution in [0.3, 0.4) is 0 Å². The molecule has 4 aromatic carbocycles. The minimum atomic E-state index is -0.304. The molecule has 0 aliphatic heterocycles. The van der Waals surface area contributed by atoms with E-state index in [1.807, 2.05) is 0 Å². The summed E-state index contributed by atoms with van der Waals surface area (Å²) in [5.41, 5.74) is 11.9. The quantitative estimate of drug-likeness (QED) is 0.281. The van der Waals surface area contributed by atoms with Crippen molar-refractivity contribution in [3.05, 3.63) is 130 Å². The Morgan fingerprint density at radius 2 is 1.10 bits per heavy atom. The third-order valence-electron chi connectivity index (χ3n) is 6.87. The van der Waals surface area contributed by atoms with Gasteiger partial charge in [0, 0.05) is 0 Å². The van der Waals surface area contributed by atoms with E-state index in [9.17, 15) is 0 Å². The highest BCUT2D eigenvalue weighted by Crippen LogP contribution is 2.56. The summed E-state index contributed by atoms with van der Waals surface area (Å²) >= 11 is 0. The van der Waals surface area contributed by atoms with Crippen LogP contribution in [0.15, 0.2) is 91.0 Å². The molecule has 0 bridgehead atoms. The topological polar surface area (TPSA) is 0 Å². The lowest BCUT2D eigenvalue weighted by molar-refractivity contribution is 0.589. The average Bonchev–Trinajstić information content (AvgIpc) is 3.04. The van der Waals surface area contributed by atoms with Crippen molar-refractivity contribution in [2.24, 2.45) is 0 Å². The second-order valence-corrected chi connectivity index (χ2v) is 10.0. The van der Waals surface area contributed by atoms with E-state index in [-0.39, 0.29) is 10.8 Å². The van der Waals surface area contributed by atoms with Crippen molar-refractivity contribution in [1.29, 1.82) is 0 Å². The second-order valence-electron chi connectivity index (χ2n) is 10.0. The number of aryl methyl sites for hydroxylation is 2. The van der Waals surface area contributed by atoms with Gasteiger partial charge < -0.3 is 0 Å². The van der Waals surface area contributed by atoms with Crippen LogP contribution in [0.1, 0.15) is 59.7 Å². The first-order valence-corrected chi connectivity index (χ1v) is 11.2. The molecule has 0 heterocycles. The second kappa shape index (κ2) is 6.95. The predicted octanol–water partition coefficient (Wildman–Crippen LogP) is 7.96. The summed E-state index contributed by atoms with van der Waals surface area (Å²) in [6.45, 7) is 11.2. The van der Waals surface area contributed by atoms with Crippen molar-refractivity contribution in [3.63, 3.8) is 0 Å². The number of hydrogen-bond donors (Lipinski definition) is 0. The fraction of sp³-hybridized carbons (Fsp3) is 0.226. The van der Waals surface area contributed by atoms with Crippen LogP contribution in [0.5, 0.6) is 0 Å². The van der Waals surface area contributed by atoms with Gasteiger partial charge in [-0.05, 0) is 58.2 Å². The molecule has 1 aliphatic rings. The molecule has 0 aromatic heterocycles. The Labute approximate surface area is 186 Å². The lowest BCUT2D eigenvalue weighted by Gasteiger charge is -2.34. The molecular formula is C31H30. The van der Waals surface area contributed by atoms with Crippen molar-refractivity contribution >= 4 is 0 Å². The Kier molecular flexibility index (Phi) is 4.45. The minimum Gasteiger partial charge on any atom is -0.0619 e. The van der Waals surface area contributed by atoms with E-state index in [1.165, 1.54) is 50.1 Å². The molecule has 0 radical (unpaired) electrons. The van der Waals surface area contributed by atoms with Crippen molar-refractivity contribution in [3.8, 4) is 11.1 Å². The summed E-state index contributed by atoms with van der Waals surface area (Å²) in [5.74, 6) is 0. The van der Waals surface area contributed by atoms with Gasteiger partial charge in [-0.15, -0.1) is 0 Å². The normalized spacial score (nSPS) is 17.3. The zero-order valence-corrected chi connectivity index (χ0v) is 19.2. The van der Waals surface area contributed by atoms with Gasteiger partial charge in [0.15, 0.2) is 0 Å². The first-order chi connectivity index (χ1) is 14.8. The van der Waals surface area contributed by atoms with Gasteiger partial charge in [0.05, 0.1) is 5.41 Å². The Morgan fingerprint density at radius 1 is 0.548 bits per heavy atom. The molecule has 0 fully saturated rings. The van der Waals surface area contributed by atoms with Gasteiger partial charge in [-0.2, -0.15) is 0 Å². The highest BCUT2D eigenvalue weighted by atomic mass is 14.5. The summed E-state index contributed by atoms with van der Waals surface area (Å²) in [5, 5.41) is 0. The van der Waals surface area contributed by atoms with Gasteiger partial charge in [-0.25, -0.2) is 0 Å². The monoisotopic (exact) mass is 402 g/mol. The molecule has 154 valence electrons. The summed E-state index contributed by atoms with van der Waals surface area (Å²) in [6, 6.07) is 34.4. The first kappa shape index (κ1) is 19.8. The summed E-state index contributed by atoms with van der Waals surface area (Å²) < 4.78 is 0. The van der Waals surface area contributed by atoms with E-state index >= 15 is 0 Å². The average molecular weight is 403 g/mol. The number of benzene rings is 4. The summed E-state index contributed by atoms with van der Waals surface area (Å²) in [7, 11) is 0. The maximum atomic E-state index is 2.40. The molecule has 0 saturated heterocycles. The molecule has 4 aromatic rings. The van der Waals surface area contributed by atoms with Crippen molar-refractivity contribution < 1.29 is 0 Å². The highest BCUT2D eigenvalue weighted by molar-refractivity contribution is 5.86. The Bertz CT molecular complexity index is 1250. The summed E-state index contributed by atoms with van der Waals surface area (Å²) in [6.07, 6.45) is 0. The molecule has 5 rings (SSSR count). The SMILES string of the molecule is Cc1ccc(C2(c3ccc(C(C)(C)C)cc3)c3ccccc3-c3ccc(C)cc32)cc1. The van der Waals surface area contributed by atoms with Crippen molar-refractivity contribution in [2.45, 2.75) is 45.4 Å². The molecule has 0 saturated carbocycles. The Hall–Kier alpha value is -3.12. The van der Waals surface area contributed by atoms with E-state index in [0.717, 1.165) is 0 Å². The largest absolute Gasteiger partial charge is 0.0713 e. The van der Waals surface area contributed by atoms with Gasteiger partial charge in [0.2, 0.25) is 0 Å². The van der Waals surface area contributed by atoms with Gasteiger partial charge in [-0.1, -0.05) is 123 Å². The minimum absolute atomic E-state index is 0.137. The van der Waals surface area contributed by atoms with Crippen LogP contribution in [0.4, 0.5) is 0 Å².